The maximum Gasteiger partial charge on any atom is 0.258 e. The lowest BCUT2D eigenvalue weighted by molar-refractivity contribution is -0.125. The van der Waals surface area contributed by atoms with Gasteiger partial charge in [-0.15, -0.1) is 0 Å². The highest BCUT2D eigenvalue weighted by Crippen LogP contribution is 2.28. The number of halogens is 3. The first-order valence-corrected chi connectivity index (χ1v) is 13.9. The van der Waals surface area contributed by atoms with E-state index in [1.165, 1.54) is 6.20 Å². The number of nitrogens with zero attached hydrogens (tertiary/aromatic N) is 3. The molecule has 4 N–H and O–H groups in total. The van der Waals surface area contributed by atoms with Gasteiger partial charge in [0.2, 0.25) is 10.0 Å². The van der Waals surface area contributed by atoms with Crippen molar-refractivity contribution in [1.82, 2.24) is 14.9 Å². The second-order valence-corrected chi connectivity index (χ2v) is 11.2. The van der Waals surface area contributed by atoms with Gasteiger partial charge in [0.05, 0.1) is 22.7 Å². The molecule has 14 heteroatoms. The Kier molecular flexibility index (Phi) is 8.95. The van der Waals surface area contributed by atoms with Gasteiger partial charge in [0, 0.05) is 35.8 Å². The number of hydrogen-bond donors (Lipinski definition) is 3. The molecular formula is C25H26ClF2N5O5S. The normalized spacial score (nSPS) is 15.8. The van der Waals surface area contributed by atoms with Crippen LogP contribution in [-0.4, -0.2) is 66.2 Å². The van der Waals surface area contributed by atoms with Gasteiger partial charge in [-0.1, -0.05) is 23.7 Å². The van der Waals surface area contributed by atoms with Crippen LogP contribution in [-0.2, 0) is 21.4 Å². The number of benzene rings is 2. The maximum atomic E-state index is 14.1. The van der Waals surface area contributed by atoms with E-state index >= 15 is 0 Å². The summed E-state index contributed by atoms with van der Waals surface area (Å²) in [6, 6.07) is 8.26. The minimum absolute atomic E-state index is 0.0895. The first-order chi connectivity index (χ1) is 18.6. The number of nitrogens with one attached hydrogen (secondary N) is 1. The number of aliphatic hydroxyl groups excluding tert-OH is 1. The van der Waals surface area contributed by atoms with Crippen molar-refractivity contribution in [2.75, 3.05) is 42.4 Å². The number of Topliss-reactive ketones (excluding diaryl/α,β-unsaturated/α-hetero) is 1. The Bertz CT molecular complexity index is 1480. The van der Waals surface area contributed by atoms with E-state index in [0.29, 0.717) is 30.8 Å². The molecule has 1 saturated heterocycles. The Hall–Kier alpha value is -3.39. The summed E-state index contributed by atoms with van der Waals surface area (Å²) >= 11 is 5.84. The molecule has 39 heavy (non-hydrogen) atoms. The van der Waals surface area contributed by atoms with Crippen LogP contribution in [0.15, 0.2) is 42.6 Å². The Balaban J connectivity index is 1.42. The summed E-state index contributed by atoms with van der Waals surface area (Å²) in [4.78, 5) is 21.9. The van der Waals surface area contributed by atoms with Gasteiger partial charge in [-0.05, 0) is 37.2 Å². The zero-order valence-corrected chi connectivity index (χ0v) is 22.2. The van der Waals surface area contributed by atoms with Gasteiger partial charge in [0.1, 0.15) is 24.8 Å². The number of sulfonamides is 1. The lowest BCUT2D eigenvalue weighted by atomic mass is 10.0. The molecule has 1 aliphatic heterocycles. The molecule has 0 bridgehead atoms. The van der Waals surface area contributed by atoms with E-state index in [0.717, 1.165) is 12.1 Å². The van der Waals surface area contributed by atoms with E-state index < -0.39 is 39.9 Å². The van der Waals surface area contributed by atoms with Gasteiger partial charge in [-0.2, -0.15) is 0 Å². The number of anilines is 2. The van der Waals surface area contributed by atoms with E-state index in [1.54, 1.807) is 24.3 Å². The number of nitrogen functional groups attached to an aromatic ring is 1. The highest BCUT2D eigenvalue weighted by atomic mass is 35.5. The average Bonchev–Trinajstić information content (AvgIpc) is 3.39. The van der Waals surface area contributed by atoms with Crippen LogP contribution in [0, 0.1) is 17.6 Å². The molecule has 208 valence electrons. The van der Waals surface area contributed by atoms with Gasteiger partial charge < -0.3 is 20.5 Å². The van der Waals surface area contributed by atoms with Crippen molar-refractivity contribution in [3.8, 4) is 17.1 Å². The number of ketones is 1. The molecule has 0 saturated carbocycles. The fraction of sp³-hybridized carbons (Fsp3) is 0.320. The predicted molar refractivity (Wildman–Crippen MR) is 142 cm³/mol. The Morgan fingerprint density at radius 2 is 2.03 bits per heavy atom. The molecule has 4 rings (SSSR count). The van der Waals surface area contributed by atoms with Crippen LogP contribution >= 0.6 is 11.6 Å². The van der Waals surface area contributed by atoms with Crippen molar-refractivity contribution >= 4 is 38.9 Å². The molecule has 1 aromatic heterocycles. The summed E-state index contributed by atoms with van der Waals surface area (Å²) < 4.78 is 61.2. The smallest absolute Gasteiger partial charge is 0.258 e. The summed E-state index contributed by atoms with van der Waals surface area (Å²) in [5, 5.41) is 8.60. The van der Waals surface area contributed by atoms with E-state index in [9.17, 15) is 22.0 Å². The molecule has 0 amide bonds. The van der Waals surface area contributed by atoms with Gasteiger partial charge >= 0.3 is 0 Å². The minimum Gasteiger partial charge on any atom is -0.470 e. The van der Waals surface area contributed by atoms with E-state index in [2.05, 4.69) is 14.7 Å². The lowest BCUT2D eigenvalue weighted by Crippen LogP contribution is -2.31. The third-order valence-electron chi connectivity index (χ3n) is 6.25. The number of likely N-dealkylation sites (tertiary alicyclic amines) is 1. The molecule has 1 unspecified atom stereocenters. The summed E-state index contributed by atoms with van der Waals surface area (Å²) in [7, 11) is -3.72. The molecule has 1 aliphatic rings. The molecule has 10 nitrogen and oxygen atoms in total. The van der Waals surface area contributed by atoms with Gasteiger partial charge in [0.25, 0.3) is 5.88 Å². The number of hydrogen-bond acceptors (Lipinski definition) is 9. The second kappa shape index (κ2) is 12.2. The Labute approximate surface area is 228 Å². The Morgan fingerprint density at radius 1 is 1.26 bits per heavy atom. The lowest BCUT2D eigenvalue weighted by Gasteiger charge is -2.16. The zero-order chi connectivity index (χ0) is 28.2. The van der Waals surface area contributed by atoms with Crippen molar-refractivity contribution in [2.45, 2.75) is 13.0 Å². The summed E-state index contributed by atoms with van der Waals surface area (Å²) in [6.45, 7) is 0.282. The van der Waals surface area contributed by atoms with Gasteiger partial charge in [-0.3, -0.25) is 9.52 Å². The van der Waals surface area contributed by atoms with Crippen molar-refractivity contribution in [3.63, 3.8) is 0 Å². The van der Waals surface area contributed by atoms with Crippen LogP contribution in [0.1, 0.15) is 12.0 Å². The van der Waals surface area contributed by atoms with Crippen molar-refractivity contribution < 1.29 is 31.8 Å². The molecule has 0 aliphatic carbocycles. The molecule has 2 aromatic carbocycles. The number of nitrogens with two attached hydrogens (primary N) is 1. The average molecular weight is 582 g/mol. The largest absolute Gasteiger partial charge is 0.470 e. The van der Waals surface area contributed by atoms with E-state index in [4.69, 9.17) is 27.2 Å². The standard InChI is InChI=1S/C25H26ClF2N5O5S/c26-23-18(19(27)4-5-20(23)28)14-38-25-24(29)30-11-21(31-25)15-2-1-3-17(10-15)32-39(36,37)9-8-33-7-6-16(12-33)22(35)13-34/h1-5,10-11,16,32,34H,6-9,12-14H2,(H2,29,30). The third-order valence-corrected chi connectivity index (χ3v) is 7.93. The molecule has 3 aromatic rings. The van der Waals surface area contributed by atoms with Crippen LogP contribution in [0.25, 0.3) is 11.3 Å². The number of carbonyl (C=O) groups excluding carboxylic acids is 1. The maximum absolute atomic E-state index is 14.1. The molecule has 0 spiro atoms. The Morgan fingerprint density at radius 3 is 2.79 bits per heavy atom. The van der Waals surface area contributed by atoms with E-state index in [1.807, 2.05) is 4.90 Å². The second-order valence-electron chi connectivity index (χ2n) is 8.97. The van der Waals surface area contributed by atoms with Crippen molar-refractivity contribution in [1.29, 1.82) is 0 Å². The fourth-order valence-electron chi connectivity index (χ4n) is 4.12. The topological polar surface area (TPSA) is 148 Å². The zero-order valence-electron chi connectivity index (χ0n) is 20.6. The third kappa shape index (κ3) is 7.18. The monoisotopic (exact) mass is 581 g/mol. The number of aliphatic hydroxyl groups is 1. The molecule has 2 heterocycles. The van der Waals surface area contributed by atoms with Crippen LogP contribution < -0.4 is 15.2 Å². The van der Waals surface area contributed by atoms with Crippen LogP contribution in [0.2, 0.25) is 5.02 Å². The highest BCUT2D eigenvalue weighted by molar-refractivity contribution is 7.92. The number of rotatable bonds is 11. The summed E-state index contributed by atoms with van der Waals surface area (Å²) in [5.41, 5.74) is 6.71. The van der Waals surface area contributed by atoms with Gasteiger partial charge in [0.15, 0.2) is 11.6 Å². The SMILES string of the molecule is Nc1ncc(-c2cccc(NS(=O)(=O)CCN3CCC(C(=O)CO)C3)c2)nc1OCc1c(F)ccc(F)c1Cl. The first kappa shape index (κ1) is 28.6. The molecule has 1 atom stereocenters. The summed E-state index contributed by atoms with van der Waals surface area (Å²) in [5.74, 6) is -2.48. The van der Waals surface area contributed by atoms with Crippen LogP contribution in [0.4, 0.5) is 20.3 Å². The van der Waals surface area contributed by atoms with E-state index in [-0.39, 0.29) is 46.9 Å². The number of carbonyl (C=O) groups is 1. The summed E-state index contributed by atoms with van der Waals surface area (Å²) in [6.07, 6.45) is 1.95. The fourth-order valence-corrected chi connectivity index (χ4v) is 5.41. The quantitative estimate of drug-likeness (QED) is 0.291. The van der Waals surface area contributed by atoms with Crippen LogP contribution in [0.5, 0.6) is 5.88 Å². The minimum atomic E-state index is -3.72. The van der Waals surface area contributed by atoms with Gasteiger partial charge in [-0.25, -0.2) is 27.2 Å². The number of aromatic nitrogens is 2. The molecular weight excluding hydrogens is 556 g/mol. The van der Waals surface area contributed by atoms with Crippen LogP contribution in [0.3, 0.4) is 0 Å². The van der Waals surface area contributed by atoms with Crippen molar-refractivity contribution in [2.24, 2.45) is 5.92 Å². The molecule has 1 fully saturated rings. The highest BCUT2D eigenvalue weighted by Gasteiger charge is 2.28. The number of ether oxygens (including phenoxy) is 1. The molecule has 0 radical (unpaired) electrons. The first-order valence-electron chi connectivity index (χ1n) is 11.9. The predicted octanol–water partition coefficient (Wildman–Crippen LogP) is 2.86. The van der Waals surface area contributed by atoms with Crippen molar-refractivity contribution in [3.05, 3.63) is 64.8 Å².